The number of carboxylic acids is 1. The van der Waals surface area contributed by atoms with Gasteiger partial charge in [-0.25, -0.2) is 0 Å². The summed E-state index contributed by atoms with van der Waals surface area (Å²) in [6.45, 7) is 4.11. The summed E-state index contributed by atoms with van der Waals surface area (Å²) < 4.78 is 5.33. The molecule has 5 nitrogen and oxygen atoms in total. The van der Waals surface area contributed by atoms with Crippen LogP contribution in [0.5, 0.6) is 0 Å². The van der Waals surface area contributed by atoms with Crippen molar-refractivity contribution in [2.45, 2.75) is 37.8 Å². The molecule has 15 heavy (non-hydrogen) atoms. The van der Waals surface area contributed by atoms with Crippen LogP contribution in [-0.4, -0.2) is 27.0 Å². The Hall–Kier alpha value is -1.04. The van der Waals surface area contributed by atoms with E-state index < -0.39 is 5.97 Å². The quantitative estimate of drug-likeness (QED) is 0.754. The lowest BCUT2D eigenvalue weighted by Crippen LogP contribution is -1.97. The molecule has 1 heterocycles. The minimum absolute atomic E-state index is 0.0518. The molecule has 6 heteroatoms. The van der Waals surface area contributed by atoms with Crippen LogP contribution in [0.25, 0.3) is 0 Å². The van der Waals surface area contributed by atoms with Gasteiger partial charge in [-0.3, -0.25) is 4.79 Å². The van der Waals surface area contributed by atoms with Crippen molar-refractivity contribution in [3.05, 3.63) is 5.89 Å². The van der Waals surface area contributed by atoms with Crippen LogP contribution in [0.15, 0.2) is 9.64 Å². The van der Waals surface area contributed by atoms with Crippen molar-refractivity contribution in [3.63, 3.8) is 0 Å². The molecular formula is C9H14N2O3S. The highest BCUT2D eigenvalue weighted by Gasteiger charge is 2.13. The molecule has 1 atom stereocenters. The first-order chi connectivity index (χ1) is 7.13. The second kappa shape index (κ2) is 5.75. The minimum Gasteiger partial charge on any atom is -0.481 e. The molecule has 0 radical (unpaired) electrons. The maximum atomic E-state index is 10.3. The molecule has 0 bridgehead atoms. The van der Waals surface area contributed by atoms with Crippen molar-refractivity contribution in [1.29, 1.82) is 0 Å². The third kappa shape index (κ3) is 3.91. The van der Waals surface area contributed by atoms with Gasteiger partial charge in [0.05, 0.1) is 0 Å². The van der Waals surface area contributed by atoms with Gasteiger partial charge in [0.1, 0.15) is 5.75 Å². The summed E-state index contributed by atoms with van der Waals surface area (Å²) >= 11 is 1.05. The zero-order chi connectivity index (χ0) is 11.3. The van der Waals surface area contributed by atoms with Crippen molar-refractivity contribution >= 4 is 17.7 Å². The lowest BCUT2D eigenvalue weighted by atomic mass is 10.1. The molecule has 0 saturated heterocycles. The van der Waals surface area contributed by atoms with Crippen molar-refractivity contribution < 1.29 is 14.3 Å². The molecule has 84 valence electrons. The van der Waals surface area contributed by atoms with Crippen molar-refractivity contribution in [3.8, 4) is 0 Å². The molecule has 0 aliphatic carbocycles. The van der Waals surface area contributed by atoms with Gasteiger partial charge in [-0.15, -0.1) is 10.2 Å². The number of carbonyl (C=O) groups is 1. The molecule has 1 aromatic rings. The number of hydrogen-bond donors (Lipinski definition) is 1. The van der Waals surface area contributed by atoms with E-state index in [1.165, 1.54) is 0 Å². The molecule has 0 fully saturated rings. The summed E-state index contributed by atoms with van der Waals surface area (Å²) in [7, 11) is 0. The SMILES string of the molecule is CCCC(C)c1nnc(SCC(=O)O)o1. The predicted molar refractivity (Wildman–Crippen MR) is 56.0 cm³/mol. The topological polar surface area (TPSA) is 76.2 Å². The molecule has 0 aliphatic rings. The van der Waals surface area contributed by atoms with Crippen molar-refractivity contribution in [2.75, 3.05) is 5.75 Å². The monoisotopic (exact) mass is 230 g/mol. The summed E-state index contributed by atoms with van der Waals surface area (Å²) in [5.74, 6) is -0.114. The second-order valence-electron chi connectivity index (χ2n) is 3.28. The molecule has 1 N–H and O–H groups in total. The van der Waals surface area contributed by atoms with Gasteiger partial charge in [0.2, 0.25) is 5.89 Å². The molecule has 1 unspecified atom stereocenters. The Labute approximate surface area is 92.3 Å². The molecule has 0 spiro atoms. The van der Waals surface area contributed by atoms with Crippen molar-refractivity contribution in [2.24, 2.45) is 0 Å². The van der Waals surface area contributed by atoms with E-state index in [4.69, 9.17) is 9.52 Å². The van der Waals surface area contributed by atoms with Crippen LogP contribution >= 0.6 is 11.8 Å². The Balaban J connectivity index is 2.51. The lowest BCUT2D eigenvalue weighted by molar-refractivity contribution is -0.133. The van der Waals surface area contributed by atoms with Gasteiger partial charge < -0.3 is 9.52 Å². The van der Waals surface area contributed by atoms with Crippen molar-refractivity contribution in [1.82, 2.24) is 10.2 Å². The summed E-state index contributed by atoms with van der Waals surface area (Å²) in [5.41, 5.74) is 0. The molecule has 1 aromatic heterocycles. The fourth-order valence-electron chi connectivity index (χ4n) is 1.16. The Morgan fingerprint density at radius 3 is 2.93 bits per heavy atom. The Morgan fingerprint density at radius 1 is 1.60 bits per heavy atom. The number of carboxylic acid groups (broad SMARTS) is 1. The van der Waals surface area contributed by atoms with E-state index in [9.17, 15) is 4.79 Å². The molecule has 1 rings (SSSR count). The normalized spacial score (nSPS) is 12.7. The standard InChI is InChI=1S/C9H14N2O3S/c1-3-4-6(2)8-10-11-9(14-8)15-5-7(12)13/h6H,3-5H2,1-2H3,(H,12,13). The average Bonchev–Trinajstić information content (AvgIpc) is 2.63. The smallest absolute Gasteiger partial charge is 0.314 e. The molecule has 0 saturated carbocycles. The van der Waals surface area contributed by atoms with E-state index in [1.807, 2.05) is 6.92 Å². The van der Waals surface area contributed by atoms with Crippen LogP contribution in [0.3, 0.4) is 0 Å². The first kappa shape index (κ1) is 12.0. The fourth-order valence-corrected chi connectivity index (χ4v) is 1.65. The zero-order valence-corrected chi connectivity index (χ0v) is 9.58. The Bertz CT molecular complexity index is 327. The van der Waals surface area contributed by atoms with Crippen LogP contribution < -0.4 is 0 Å². The first-order valence-corrected chi connectivity index (χ1v) is 5.80. The Morgan fingerprint density at radius 2 is 2.33 bits per heavy atom. The third-order valence-electron chi connectivity index (χ3n) is 1.88. The van der Waals surface area contributed by atoms with E-state index in [-0.39, 0.29) is 11.7 Å². The number of nitrogens with zero attached hydrogens (tertiary/aromatic N) is 2. The van der Waals surface area contributed by atoms with Crippen LogP contribution in [0.4, 0.5) is 0 Å². The highest BCUT2D eigenvalue weighted by Crippen LogP contribution is 2.23. The van der Waals surface area contributed by atoms with Gasteiger partial charge >= 0.3 is 5.97 Å². The van der Waals surface area contributed by atoms with Crippen LogP contribution in [-0.2, 0) is 4.79 Å². The maximum absolute atomic E-state index is 10.3. The number of rotatable bonds is 6. The highest BCUT2D eigenvalue weighted by molar-refractivity contribution is 7.99. The molecular weight excluding hydrogens is 216 g/mol. The first-order valence-electron chi connectivity index (χ1n) is 4.81. The van der Waals surface area contributed by atoms with E-state index in [0.717, 1.165) is 24.6 Å². The summed E-state index contributed by atoms with van der Waals surface area (Å²) in [6.07, 6.45) is 2.05. The van der Waals surface area contributed by atoms with Gasteiger partial charge in [-0.05, 0) is 6.42 Å². The number of aliphatic carboxylic acids is 1. The van der Waals surface area contributed by atoms with Gasteiger partial charge in [0.15, 0.2) is 0 Å². The van der Waals surface area contributed by atoms with Gasteiger partial charge in [-0.2, -0.15) is 0 Å². The number of hydrogen-bond acceptors (Lipinski definition) is 5. The van der Waals surface area contributed by atoms with E-state index >= 15 is 0 Å². The largest absolute Gasteiger partial charge is 0.481 e. The maximum Gasteiger partial charge on any atom is 0.314 e. The molecule has 0 amide bonds. The van der Waals surface area contributed by atoms with E-state index in [0.29, 0.717) is 11.1 Å². The summed E-state index contributed by atoms with van der Waals surface area (Å²) in [6, 6.07) is 0. The average molecular weight is 230 g/mol. The number of aromatic nitrogens is 2. The van der Waals surface area contributed by atoms with E-state index in [2.05, 4.69) is 17.1 Å². The van der Waals surface area contributed by atoms with Crippen LogP contribution in [0, 0.1) is 0 Å². The lowest BCUT2D eigenvalue weighted by Gasteiger charge is -2.02. The number of thioether (sulfide) groups is 1. The molecule has 0 aliphatic heterocycles. The fraction of sp³-hybridized carbons (Fsp3) is 0.667. The van der Waals surface area contributed by atoms with Gasteiger partial charge in [0, 0.05) is 5.92 Å². The zero-order valence-electron chi connectivity index (χ0n) is 8.77. The second-order valence-corrected chi connectivity index (χ2v) is 4.20. The molecule has 0 aromatic carbocycles. The Kier molecular flexibility index (Phi) is 4.61. The van der Waals surface area contributed by atoms with E-state index in [1.54, 1.807) is 0 Å². The van der Waals surface area contributed by atoms with Crippen LogP contribution in [0.1, 0.15) is 38.5 Å². The van der Waals surface area contributed by atoms with Crippen LogP contribution in [0.2, 0.25) is 0 Å². The summed E-state index contributed by atoms with van der Waals surface area (Å²) in [5, 5.41) is 16.5. The third-order valence-corrected chi connectivity index (χ3v) is 2.69. The predicted octanol–water partition coefficient (Wildman–Crippen LogP) is 2.15. The van der Waals surface area contributed by atoms with Gasteiger partial charge in [0.25, 0.3) is 5.22 Å². The highest BCUT2D eigenvalue weighted by atomic mass is 32.2. The summed E-state index contributed by atoms with van der Waals surface area (Å²) in [4.78, 5) is 10.3. The van der Waals surface area contributed by atoms with Gasteiger partial charge in [-0.1, -0.05) is 32.0 Å². The minimum atomic E-state index is -0.888.